The lowest BCUT2D eigenvalue weighted by molar-refractivity contribution is 0.477. The van der Waals surface area contributed by atoms with Crippen LogP contribution in [0.25, 0.3) is 16.9 Å². The number of hydrogen-bond donors (Lipinski definition) is 1. The van der Waals surface area contributed by atoms with Gasteiger partial charge in [0.05, 0.1) is 17.3 Å². The summed E-state index contributed by atoms with van der Waals surface area (Å²) in [5.41, 5.74) is 6.97. The quantitative estimate of drug-likeness (QED) is 0.621. The van der Waals surface area contributed by atoms with E-state index < -0.39 is 5.82 Å². The Kier molecular flexibility index (Phi) is 3.35. The predicted octanol–water partition coefficient (Wildman–Crippen LogP) is 3.91. The predicted molar refractivity (Wildman–Crippen MR) is 89.3 cm³/mol. The van der Waals surface area contributed by atoms with Crippen LogP contribution in [0.2, 0.25) is 0 Å². The third-order valence-electron chi connectivity index (χ3n) is 3.63. The standard InChI is InChI=1S/C18H13FN4O/c19-16-10-14(24-13-4-2-1-3-5-13)6-7-15(16)17-22-11-12-8-9-21-18(20)23(12)17/h1-11H,(H2,20,21). The number of anilines is 1. The van der Waals surface area contributed by atoms with Crippen LogP contribution >= 0.6 is 0 Å². The molecule has 0 saturated carbocycles. The van der Waals surface area contributed by atoms with Crippen molar-refractivity contribution in [3.63, 3.8) is 0 Å². The lowest BCUT2D eigenvalue weighted by Crippen LogP contribution is -2.02. The molecule has 0 fully saturated rings. The van der Waals surface area contributed by atoms with Gasteiger partial charge in [-0.15, -0.1) is 0 Å². The van der Waals surface area contributed by atoms with Gasteiger partial charge in [0, 0.05) is 12.3 Å². The molecule has 0 aliphatic rings. The van der Waals surface area contributed by atoms with Gasteiger partial charge in [0.2, 0.25) is 5.95 Å². The smallest absolute Gasteiger partial charge is 0.206 e. The van der Waals surface area contributed by atoms with Crippen LogP contribution in [0.3, 0.4) is 0 Å². The van der Waals surface area contributed by atoms with Crippen LogP contribution < -0.4 is 10.5 Å². The average Bonchev–Trinajstić information content (AvgIpc) is 3.01. The molecule has 0 saturated heterocycles. The van der Waals surface area contributed by atoms with Gasteiger partial charge in [-0.2, -0.15) is 0 Å². The minimum absolute atomic E-state index is 0.254. The van der Waals surface area contributed by atoms with Gasteiger partial charge in [-0.25, -0.2) is 14.4 Å². The molecule has 5 nitrogen and oxygen atoms in total. The summed E-state index contributed by atoms with van der Waals surface area (Å²) >= 11 is 0. The highest BCUT2D eigenvalue weighted by molar-refractivity contribution is 5.65. The van der Waals surface area contributed by atoms with Gasteiger partial charge in [-0.1, -0.05) is 18.2 Å². The second-order valence-electron chi connectivity index (χ2n) is 5.20. The Morgan fingerprint density at radius 1 is 0.958 bits per heavy atom. The monoisotopic (exact) mass is 320 g/mol. The van der Waals surface area contributed by atoms with Crippen molar-refractivity contribution in [3.8, 4) is 22.9 Å². The number of nitrogens with two attached hydrogens (primary N) is 1. The highest BCUT2D eigenvalue weighted by Gasteiger charge is 2.14. The maximum Gasteiger partial charge on any atom is 0.206 e. The molecule has 0 spiro atoms. The first-order valence-electron chi connectivity index (χ1n) is 7.33. The van der Waals surface area contributed by atoms with Crippen LogP contribution in [-0.4, -0.2) is 14.4 Å². The Labute approximate surface area is 137 Å². The van der Waals surface area contributed by atoms with Gasteiger partial charge in [-0.3, -0.25) is 4.40 Å². The van der Waals surface area contributed by atoms with E-state index in [0.717, 1.165) is 5.52 Å². The Bertz CT molecular complexity index is 1010. The van der Waals surface area contributed by atoms with Gasteiger partial charge in [0.1, 0.15) is 23.1 Å². The molecule has 2 N–H and O–H groups in total. The van der Waals surface area contributed by atoms with E-state index >= 15 is 0 Å². The fourth-order valence-electron chi connectivity index (χ4n) is 2.53. The summed E-state index contributed by atoms with van der Waals surface area (Å²) < 4.78 is 21.8. The van der Waals surface area contributed by atoms with Crippen LogP contribution in [0.15, 0.2) is 67.0 Å². The molecule has 0 radical (unpaired) electrons. The topological polar surface area (TPSA) is 65.4 Å². The van der Waals surface area contributed by atoms with E-state index in [1.54, 1.807) is 47.1 Å². The van der Waals surface area contributed by atoms with Crippen LogP contribution in [-0.2, 0) is 0 Å². The van der Waals surface area contributed by atoms with E-state index in [1.807, 2.05) is 18.2 Å². The van der Waals surface area contributed by atoms with Crippen LogP contribution in [0.4, 0.5) is 10.3 Å². The zero-order valence-electron chi connectivity index (χ0n) is 12.6. The minimum atomic E-state index is -0.445. The second-order valence-corrected chi connectivity index (χ2v) is 5.20. The molecule has 0 bridgehead atoms. The van der Waals surface area contributed by atoms with Crippen LogP contribution in [0.1, 0.15) is 0 Å². The van der Waals surface area contributed by atoms with Crippen LogP contribution in [0.5, 0.6) is 11.5 Å². The summed E-state index contributed by atoms with van der Waals surface area (Å²) in [6, 6.07) is 15.6. The molecule has 2 aromatic heterocycles. The number of fused-ring (bicyclic) bond motifs is 1. The highest BCUT2D eigenvalue weighted by Crippen LogP contribution is 2.29. The summed E-state index contributed by atoms with van der Waals surface area (Å²) in [5, 5.41) is 0. The number of aromatic nitrogens is 3. The van der Waals surface area contributed by atoms with Gasteiger partial charge in [0.25, 0.3) is 0 Å². The summed E-state index contributed by atoms with van der Waals surface area (Å²) in [4.78, 5) is 8.29. The lowest BCUT2D eigenvalue weighted by atomic mass is 10.2. The second kappa shape index (κ2) is 5.66. The van der Waals surface area contributed by atoms with Crippen molar-refractivity contribution in [2.45, 2.75) is 0 Å². The van der Waals surface area contributed by atoms with Gasteiger partial charge in [-0.05, 0) is 30.3 Å². The zero-order valence-corrected chi connectivity index (χ0v) is 12.6. The van der Waals surface area contributed by atoms with Crippen molar-refractivity contribution in [1.82, 2.24) is 14.4 Å². The molecule has 24 heavy (non-hydrogen) atoms. The van der Waals surface area contributed by atoms with Crippen molar-refractivity contribution in [2.24, 2.45) is 0 Å². The Hall–Kier alpha value is -3.41. The number of rotatable bonds is 3. The van der Waals surface area contributed by atoms with Crippen molar-refractivity contribution >= 4 is 11.5 Å². The molecule has 0 unspecified atom stereocenters. The molecular weight excluding hydrogens is 307 g/mol. The molecule has 118 valence electrons. The SMILES string of the molecule is Nc1nccc2cnc(-c3ccc(Oc4ccccc4)cc3F)n12. The number of halogens is 1. The number of hydrogen-bond acceptors (Lipinski definition) is 4. The molecule has 4 rings (SSSR count). The molecule has 0 aliphatic carbocycles. The maximum atomic E-state index is 14.6. The number of nitrogen functional groups attached to an aromatic ring is 1. The van der Waals surface area contributed by atoms with Crippen molar-refractivity contribution < 1.29 is 9.13 Å². The van der Waals surface area contributed by atoms with Crippen LogP contribution in [0, 0.1) is 5.82 Å². The molecular formula is C18H13FN4O. The van der Waals surface area contributed by atoms with Gasteiger partial charge >= 0.3 is 0 Å². The van der Waals surface area contributed by atoms with E-state index in [1.165, 1.54) is 6.07 Å². The molecule has 0 amide bonds. The Morgan fingerprint density at radius 2 is 1.79 bits per heavy atom. The number of para-hydroxylation sites is 1. The zero-order chi connectivity index (χ0) is 16.5. The highest BCUT2D eigenvalue weighted by atomic mass is 19.1. The number of ether oxygens (including phenoxy) is 1. The van der Waals surface area contributed by atoms with E-state index in [0.29, 0.717) is 22.9 Å². The normalized spacial score (nSPS) is 10.9. The molecule has 4 aromatic rings. The average molecular weight is 320 g/mol. The van der Waals surface area contributed by atoms with Crippen molar-refractivity contribution in [1.29, 1.82) is 0 Å². The third-order valence-corrected chi connectivity index (χ3v) is 3.63. The molecule has 0 atom stereocenters. The van der Waals surface area contributed by atoms with Gasteiger partial charge in [0.15, 0.2) is 0 Å². The molecule has 2 heterocycles. The van der Waals surface area contributed by atoms with E-state index in [2.05, 4.69) is 9.97 Å². The van der Waals surface area contributed by atoms with Crippen molar-refractivity contribution in [3.05, 3.63) is 72.8 Å². The maximum absolute atomic E-state index is 14.6. The first-order chi connectivity index (χ1) is 11.7. The first-order valence-corrected chi connectivity index (χ1v) is 7.33. The fourth-order valence-corrected chi connectivity index (χ4v) is 2.53. The Balaban J connectivity index is 1.74. The largest absolute Gasteiger partial charge is 0.457 e. The van der Waals surface area contributed by atoms with E-state index in [4.69, 9.17) is 10.5 Å². The number of imidazole rings is 1. The molecule has 6 heteroatoms. The third kappa shape index (κ3) is 2.44. The number of benzene rings is 2. The minimum Gasteiger partial charge on any atom is -0.457 e. The fraction of sp³-hybridized carbons (Fsp3) is 0. The lowest BCUT2D eigenvalue weighted by Gasteiger charge is -2.08. The summed E-state index contributed by atoms with van der Waals surface area (Å²) in [6.07, 6.45) is 3.21. The summed E-state index contributed by atoms with van der Waals surface area (Å²) in [5.74, 6) is 1.27. The van der Waals surface area contributed by atoms with E-state index in [-0.39, 0.29) is 5.95 Å². The summed E-state index contributed by atoms with van der Waals surface area (Å²) in [7, 11) is 0. The van der Waals surface area contributed by atoms with Gasteiger partial charge < -0.3 is 10.5 Å². The first kappa shape index (κ1) is 14.2. The summed E-state index contributed by atoms with van der Waals surface area (Å²) in [6.45, 7) is 0. The molecule has 2 aromatic carbocycles. The molecule has 0 aliphatic heterocycles. The number of nitrogens with zero attached hydrogens (tertiary/aromatic N) is 3. The van der Waals surface area contributed by atoms with E-state index in [9.17, 15) is 4.39 Å². The Morgan fingerprint density at radius 3 is 2.58 bits per heavy atom. The van der Waals surface area contributed by atoms with Crippen molar-refractivity contribution in [2.75, 3.05) is 5.73 Å².